The van der Waals surface area contributed by atoms with Gasteiger partial charge < -0.3 is 5.11 Å². The van der Waals surface area contributed by atoms with Crippen molar-refractivity contribution in [3.8, 4) is 0 Å². The zero-order valence-corrected chi connectivity index (χ0v) is 10.9. The molecule has 1 aromatic carbocycles. The summed E-state index contributed by atoms with van der Waals surface area (Å²) in [4.78, 5) is 11.6. The second-order valence-corrected chi connectivity index (χ2v) is 5.65. The first-order chi connectivity index (χ1) is 8.36. The summed E-state index contributed by atoms with van der Waals surface area (Å²) in [5.74, 6) is -0.784. The van der Waals surface area contributed by atoms with Crippen LogP contribution in [0.15, 0.2) is 24.3 Å². The van der Waals surface area contributed by atoms with Crippen LogP contribution in [0.1, 0.15) is 50.7 Å². The maximum absolute atomic E-state index is 14.0. The Morgan fingerprint density at radius 2 is 1.94 bits per heavy atom. The Balaban J connectivity index is 2.47. The van der Waals surface area contributed by atoms with E-state index >= 15 is 0 Å². The number of hydrogen-bond acceptors (Lipinski definition) is 1. The molecule has 0 heterocycles. The van der Waals surface area contributed by atoms with Crippen LogP contribution in [0.5, 0.6) is 0 Å². The molecular formula is C15H19FO2. The lowest BCUT2D eigenvalue weighted by molar-refractivity contribution is -0.143. The van der Waals surface area contributed by atoms with Gasteiger partial charge in [-0.2, -0.15) is 0 Å². The van der Waals surface area contributed by atoms with Gasteiger partial charge in [0.05, 0.1) is 5.41 Å². The molecule has 2 rings (SSSR count). The first-order valence-electron chi connectivity index (χ1n) is 6.40. The van der Waals surface area contributed by atoms with Gasteiger partial charge in [0.1, 0.15) is 5.67 Å². The van der Waals surface area contributed by atoms with E-state index in [2.05, 4.69) is 0 Å². The normalized spacial score (nSPS) is 18.8. The van der Waals surface area contributed by atoms with Crippen molar-refractivity contribution in [1.82, 2.24) is 0 Å². The van der Waals surface area contributed by atoms with E-state index in [0.717, 1.165) is 18.4 Å². The minimum Gasteiger partial charge on any atom is -0.481 e. The molecule has 0 bridgehead atoms. The number of halogens is 1. The zero-order chi connectivity index (χ0) is 13.4. The van der Waals surface area contributed by atoms with Gasteiger partial charge in [0, 0.05) is 0 Å². The van der Waals surface area contributed by atoms with Crippen LogP contribution in [0.25, 0.3) is 0 Å². The van der Waals surface area contributed by atoms with Crippen molar-refractivity contribution in [1.29, 1.82) is 0 Å². The fraction of sp³-hybridized carbons (Fsp3) is 0.533. The highest BCUT2D eigenvalue weighted by molar-refractivity contribution is 5.81. The third-order valence-electron chi connectivity index (χ3n) is 3.97. The van der Waals surface area contributed by atoms with Gasteiger partial charge in [0.15, 0.2) is 0 Å². The summed E-state index contributed by atoms with van der Waals surface area (Å²) in [6.45, 7) is 2.99. The largest absolute Gasteiger partial charge is 0.481 e. The number of rotatable bonds is 3. The summed E-state index contributed by atoms with van der Waals surface area (Å²) >= 11 is 0. The average Bonchev–Trinajstić information content (AvgIpc) is 2.78. The lowest BCUT2D eigenvalue weighted by Gasteiger charge is -2.26. The van der Waals surface area contributed by atoms with Crippen LogP contribution in [0.4, 0.5) is 4.39 Å². The minimum atomic E-state index is -1.44. The fourth-order valence-electron chi connectivity index (χ4n) is 2.79. The van der Waals surface area contributed by atoms with Gasteiger partial charge in [0.25, 0.3) is 0 Å². The molecule has 1 aliphatic rings. The Bertz CT molecular complexity index is 454. The molecule has 18 heavy (non-hydrogen) atoms. The van der Waals surface area contributed by atoms with E-state index in [1.165, 1.54) is 13.8 Å². The fourth-order valence-corrected chi connectivity index (χ4v) is 2.79. The molecule has 0 saturated heterocycles. The van der Waals surface area contributed by atoms with E-state index in [0.29, 0.717) is 18.4 Å². The van der Waals surface area contributed by atoms with E-state index in [1.54, 1.807) is 18.2 Å². The molecule has 1 fully saturated rings. The van der Waals surface area contributed by atoms with Crippen molar-refractivity contribution in [3.63, 3.8) is 0 Å². The highest BCUT2D eigenvalue weighted by Gasteiger charge is 2.43. The van der Waals surface area contributed by atoms with Crippen molar-refractivity contribution >= 4 is 5.97 Å². The Kier molecular flexibility index (Phi) is 3.18. The van der Waals surface area contributed by atoms with E-state index in [1.807, 2.05) is 6.07 Å². The number of aliphatic carboxylic acids is 1. The molecule has 0 amide bonds. The van der Waals surface area contributed by atoms with Gasteiger partial charge in [-0.05, 0) is 37.8 Å². The van der Waals surface area contributed by atoms with Crippen LogP contribution < -0.4 is 0 Å². The molecule has 98 valence electrons. The Morgan fingerprint density at radius 3 is 2.44 bits per heavy atom. The van der Waals surface area contributed by atoms with Crippen molar-refractivity contribution < 1.29 is 14.3 Å². The average molecular weight is 250 g/mol. The van der Waals surface area contributed by atoms with Crippen LogP contribution in [-0.2, 0) is 15.9 Å². The summed E-state index contributed by atoms with van der Waals surface area (Å²) in [5, 5.41) is 9.52. The molecule has 0 unspecified atom stereocenters. The van der Waals surface area contributed by atoms with Crippen LogP contribution in [-0.4, -0.2) is 11.1 Å². The molecule has 0 aliphatic heterocycles. The van der Waals surface area contributed by atoms with E-state index in [4.69, 9.17) is 0 Å². The number of carbonyl (C=O) groups is 1. The van der Waals surface area contributed by atoms with Crippen LogP contribution in [0.2, 0.25) is 0 Å². The SMILES string of the molecule is CC(C)(F)c1cccc(C2(C(=O)O)CCCC2)c1. The lowest BCUT2D eigenvalue weighted by Crippen LogP contribution is -2.32. The van der Waals surface area contributed by atoms with Crippen molar-refractivity contribution in [2.24, 2.45) is 0 Å². The van der Waals surface area contributed by atoms with Gasteiger partial charge >= 0.3 is 5.97 Å². The molecule has 3 heteroatoms. The first-order valence-corrected chi connectivity index (χ1v) is 6.40. The molecule has 0 aromatic heterocycles. The van der Waals surface area contributed by atoms with Crippen LogP contribution in [0, 0.1) is 0 Å². The maximum atomic E-state index is 14.0. The van der Waals surface area contributed by atoms with E-state index in [-0.39, 0.29) is 0 Å². The smallest absolute Gasteiger partial charge is 0.314 e. The monoisotopic (exact) mass is 250 g/mol. The molecule has 1 saturated carbocycles. The van der Waals surface area contributed by atoms with Gasteiger partial charge in [-0.25, -0.2) is 4.39 Å². The number of carboxylic acids is 1. The quantitative estimate of drug-likeness (QED) is 0.886. The molecule has 1 aromatic rings. The Morgan fingerprint density at radius 1 is 1.33 bits per heavy atom. The summed E-state index contributed by atoms with van der Waals surface area (Å²) in [6, 6.07) is 7.01. The molecule has 2 nitrogen and oxygen atoms in total. The third kappa shape index (κ3) is 2.14. The molecule has 0 radical (unpaired) electrons. The number of benzene rings is 1. The highest BCUT2D eigenvalue weighted by atomic mass is 19.1. The summed E-state index contributed by atoms with van der Waals surface area (Å²) in [5.41, 5.74) is -0.946. The molecule has 1 aliphatic carbocycles. The van der Waals surface area contributed by atoms with Gasteiger partial charge in [-0.15, -0.1) is 0 Å². The van der Waals surface area contributed by atoms with Crippen molar-refractivity contribution in [2.45, 2.75) is 50.6 Å². The first kappa shape index (κ1) is 13.1. The van der Waals surface area contributed by atoms with Gasteiger partial charge in [-0.1, -0.05) is 37.1 Å². The zero-order valence-electron chi connectivity index (χ0n) is 10.9. The van der Waals surface area contributed by atoms with Gasteiger partial charge in [0.2, 0.25) is 0 Å². The van der Waals surface area contributed by atoms with E-state index in [9.17, 15) is 14.3 Å². The van der Waals surface area contributed by atoms with Crippen molar-refractivity contribution in [2.75, 3.05) is 0 Å². The Labute approximate surface area is 107 Å². The Hall–Kier alpha value is -1.38. The summed E-state index contributed by atoms with van der Waals surface area (Å²) in [7, 11) is 0. The summed E-state index contributed by atoms with van der Waals surface area (Å²) in [6.07, 6.45) is 3.15. The lowest BCUT2D eigenvalue weighted by atomic mass is 9.77. The summed E-state index contributed by atoms with van der Waals surface area (Å²) < 4.78 is 14.0. The number of carboxylic acid groups (broad SMARTS) is 1. The second kappa shape index (κ2) is 4.38. The second-order valence-electron chi connectivity index (χ2n) is 5.65. The number of hydrogen-bond donors (Lipinski definition) is 1. The number of alkyl halides is 1. The van der Waals surface area contributed by atoms with Crippen molar-refractivity contribution in [3.05, 3.63) is 35.4 Å². The topological polar surface area (TPSA) is 37.3 Å². The predicted octanol–water partition coefficient (Wildman–Crippen LogP) is 3.79. The maximum Gasteiger partial charge on any atom is 0.314 e. The molecule has 1 N–H and O–H groups in total. The molecular weight excluding hydrogens is 231 g/mol. The van der Waals surface area contributed by atoms with E-state index < -0.39 is 17.1 Å². The molecule has 0 spiro atoms. The third-order valence-corrected chi connectivity index (χ3v) is 3.97. The highest BCUT2D eigenvalue weighted by Crippen LogP contribution is 2.42. The van der Waals surface area contributed by atoms with Gasteiger partial charge in [-0.3, -0.25) is 4.79 Å². The van der Waals surface area contributed by atoms with Crippen LogP contribution >= 0.6 is 0 Å². The predicted molar refractivity (Wildman–Crippen MR) is 68.4 cm³/mol. The van der Waals surface area contributed by atoms with Crippen LogP contribution in [0.3, 0.4) is 0 Å². The standard InChI is InChI=1S/C15H19FO2/c1-14(2,16)11-6-5-7-12(10-11)15(13(17)18)8-3-4-9-15/h5-7,10H,3-4,8-9H2,1-2H3,(H,17,18). The minimum absolute atomic E-state index is 0.549. The molecule has 0 atom stereocenters.